The van der Waals surface area contributed by atoms with Crippen LogP contribution in [-0.4, -0.2) is 38.4 Å². The second kappa shape index (κ2) is 6.70. The summed E-state index contributed by atoms with van der Waals surface area (Å²) < 4.78 is 15.9. The highest BCUT2D eigenvalue weighted by Gasteiger charge is 2.31. The van der Waals surface area contributed by atoms with Crippen LogP contribution in [0.15, 0.2) is 12.1 Å². The number of fused-ring (bicyclic) bond motifs is 1. The molecular formula is C16H23NO4. The Balaban J connectivity index is 2.39. The first-order chi connectivity index (χ1) is 10.2. The fourth-order valence-electron chi connectivity index (χ4n) is 2.89. The Bertz CT molecular complexity index is 515. The molecule has 0 bridgehead atoms. The lowest BCUT2D eigenvalue weighted by Gasteiger charge is -2.36. The van der Waals surface area contributed by atoms with Crippen molar-refractivity contribution >= 4 is 6.09 Å². The number of benzene rings is 1. The molecule has 5 nitrogen and oxygen atoms in total. The van der Waals surface area contributed by atoms with Crippen LogP contribution in [0.5, 0.6) is 11.5 Å². The number of carbonyl (C=O) groups is 1. The molecule has 2 rings (SSSR count). The summed E-state index contributed by atoms with van der Waals surface area (Å²) in [6.45, 7) is 4.96. The maximum absolute atomic E-state index is 12.1. The van der Waals surface area contributed by atoms with E-state index in [1.807, 2.05) is 19.1 Å². The van der Waals surface area contributed by atoms with E-state index in [9.17, 15) is 4.79 Å². The topological polar surface area (TPSA) is 48.0 Å². The van der Waals surface area contributed by atoms with Crippen molar-refractivity contribution in [2.75, 3.05) is 27.4 Å². The fourth-order valence-corrected chi connectivity index (χ4v) is 2.89. The number of carbonyl (C=O) groups excluding carboxylic acids is 1. The van der Waals surface area contributed by atoms with E-state index in [0.29, 0.717) is 18.9 Å². The number of amides is 1. The summed E-state index contributed by atoms with van der Waals surface area (Å²) in [5, 5.41) is 0. The molecule has 0 aromatic heterocycles. The number of methoxy groups -OCH3 is 2. The summed E-state index contributed by atoms with van der Waals surface area (Å²) in [6.07, 6.45) is 1.39. The molecular weight excluding hydrogens is 270 g/mol. The highest BCUT2D eigenvalue weighted by Crippen LogP contribution is 2.39. The van der Waals surface area contributed by atoms with Gasteiger partial charge in [0, 0.05) is 6.54 Å². The monoisotopic (exact) mass is 293 g/mol. The Morgan fingerprint density at radius 2 is 1.90 bits per heavy atom. The van der Waals surface area contributed by atoms with Gasteiger partial charge in [0.25, 0.3) is 0 Å². The molecule has 5 heteroatoms. The molecule has 21 heavy (non-hydrogen) atoms. The summed E-state index contributed by atoms with van der Waals surface area (Å²) in [5.74, 6) is 1.43. The van der Waals surface area contributed by atoms with Gasteiger partial charge in [-0.2, -0.15) is 0 Å². The minimum absolute atomic E-state index is 0.0209. The molecule has 1 heterocycles. The van der Waals surface area contributed by atoms with Crippen LogP contribution in [0.1, 0.15) is 37.4 Å². The number of rotatable bonds is 4. The van der Waals surface area contributed by atoms with Crippen molar-refractivity contribution in [2.45, 2.75) is 32.7 Å². The van der Waals surface area contributed by atoms with E-state index < -0.39 is 0 Å². The van der Waals surface area contributed by atoms with E-state index in [4.69, 9.17) is 14.2 Å². The molecule has 1 atom stereocenters. The highest BCUT2D eigenvalue weighted by molar-refractivity contribution is 5.69. The maximum Gasteiger partial charge on any atom is 0.410 e. The molecule has 0 radical (unpaired) electrons. The quantitative estimate of drug-likeness (QED) is 0.855. The second-order valence-electron chi connectivity index (χ2n) is 4.97. The molecule has 0 unspecified atom stereocenters. The fraction of sp³-hybridized carbons (Fsp3) is 0.562. The molecule has 1 aromatic rings. The lowest BCUT2D eigenvalue weighted by molar-refractivity contribution is 0.0854. The zero-order chi connectivity index (χ0) is 15.4. The normalized spacial score (nSPS) is 17.1. The van der Waals surface area contributed by atoms with Crippen LogP contribution in [0.3, 0.4) is 0 Å². The molecule has 1 aromatic carbocycles. The number of hydrogen-bond donors (Lipinski definition) is 0. The van der Waals surface area contributed by atoms with Gasteiger partial charge in [0.1, 0.15) is 0 Å². The van der Waals surface area contributed by atoms with Crippen molar-refractivity contribution < 1.29 is 19.0 Å². The lowest BCUT2D eigenvalue weighted by Crippen LogP contribution is -2.40. The van der Waals surface area contributed by atoms with Crippen LogP contribution < -0.4 is 9.47 Å². The van der Waals surface area contributed by atoms with Gasteiger partial charge in [-0.25, -0.2) is 4.79 Å². The first-order valence-electron chi connectivity index (χ1n) is 7.34. The average Bonchev–Trinajstić information content (AvgIpc) is 2.52. The minimum atomic E-state index is -0.246. The molecule has 1 aliphatic heterocycles. The zero-order valence-corrected chi connectivity index (χ0v) is 13.1. The van der Waals surface area contributed by atoms with E-state index in [1.54, 1.807) is 19.1 Å². The molecule has 0 aliphatic carbocycles. The maximum atomic E-state index is 12.1. The third-order valence-electron chi connectivity index (χ3n) is 3.89. The first-order valence-corrected chi connectivity index (χ1v) is 7.34. The second-order valence-corrected chi connectivity index (χ2v) is 4.97. The molecule has 0 saturated carbocycles. The molecule has 0 spiro atoms. The van der Waals surface area contributed by atoms with Crippen LogP contribution >= 0.6 is 0 Å². The Kier molecular flexibility index (Phi) is 4.94. The van der Waals surface area contributed by atoms with Gasteiger partial charge in [0.05, 0.1) is 26.9 Å². The SMILES string of the molecule is CCOC(=O)N1CCc2cc(OC)c(OC)cc2[C@@H]1CC. The van der Waals surface area contributed by atoms with E-state index in [0.717, 1.165) is 24.2 Å². The van der Waals surface area contributed by atoms with Gasteiger partial charge in [-0.15, -0.1) is 0 Å². The molecule has 1 aliphatic rings. The van der Waals surface area contributed by atoms with Gasteiger partial charge in [0.15, 0.2) is 11.5 Å². The molecule has 116 valence electrons. The Morgan fingerprint density at radius 3 is 2.48 bits per heavy atom. The smallest absolute Gasteiger partial charge is 0.410 e. The Hall–Kier alpha value is -1.91. The number of hydrogen-bond acceptors (Lipinski definition) is 4. The molecule has 0 fully saturated rings. The van der Waals surface area contributed by atoms with E-state index in [2.05, 4.69) is 6.92 Å². The Morgan fingerprint density at radius 1 is 1.24 bits per heavy atom. The van der Waals surface area contributed by atoms with Gasteiger partial charge >= 0.3 is 6.09 Å². The molecule has 1 amide bonds. The van der Waals surface area contributed by atoms with Crippen molar-refractivity contribution in [3.8, 4) is 11.5 Å². The minimum Gasteiger partial charge on any atom is -0.493 e. The predicted octanol–water partition coefficient (Wildman–Crippen LogP) is 3.17. The van der Waals surface area contributed by atoms with Crippen molar-refractivity contribution in [2.24, 2.45) is 0 Å². The molecule has 0 saturated heterocycles. The van der Waals surface area contributed by atoms with E-state index in [1.165, 1.54) is 5.56 Å². The third-order valence-corrected chi connectivity index (χ3v) is 3.89. The van der Waals surface area contributed by atoms with Crippen LogP contribution in [0.25, 0.3) is 0 Å². The predicted molar refractivity (Wildman–Crippen MR) is 80.0 cm³/mol. The van der Waals surface area contributed by atoms with Crippen LogP contribution in [-0.2, 0) is 11.2 Å². The lowest BCUT2D eigenvalue weighted by atomic mass is 9.91. The average molecular weight is 293 g/mol. The number of nitrogens with zero attached hydrogens (tertiary/aromatic N) is 1. The van der Waals surface area contributed by atoms with Crippen LogP contribution in [0.2, 0.25) is 0 Å². The summed E-state index contributed by atoms with van der Waals surface area (Å²) in [5.41, 5.74) is 2.33. The Labute approximate surface area is 125 Å². The first kappa shape index (κ1) is 15.5. The van der Waals surface area contributed by atoms with Gasteiger partial charge in [-0.05, 0) is 43.0 Å². The largest absolute Gasteiger partial charge is 0.493 e. The van der Waals surface area contributed by atoms with Gasteiger partial charge in [-0.1, -0.05) is 6.92 Å². The van der Waals surface area contributed by atoms with Crippen molar-refractivity contribution in [3.63, 3.8) is 0 Å². The number of ether oxygens (including phenoxy) is 3. The third kappa shape index (κ3) is 2.91. The standard InChI is InChI=1S/C16H23NO4/c1-5-13-12-10-15(20-4)14(19-3)9-11(12)7-8-17(13)16(18)21-6-2/h9-10,13H,5-8H2,1-4H3/t13-/m0/s1. The van der Waals surface area contributed by atoms with Crippen molar-refractivity contribution in [1.82, 2.24) is 4.90 Å². The van der Waals surface area contributed by atoms with E-state index >= 15 is 0 Å². The van der Waals surface area contributed by atoms with Crippen molar-refractivity contribution in [1.29, 1.82) is 0 Å². The van der Waals surface area contributed by atoms with Crippen LogP contribution in [0.4, 0.5) is 4.79 Å². The van der Waals surface area contributed by atoms with E-state index in [-0.39, 0.29) is 12.1 Å². The highest BCUT2D eigenvalue weighted by atomic mass is 16.6. The van der Waals surface area contributed by atoms with Crippen molar-refractivity contribution in [3.05, 3.63) is 23.3 Å². The van der Waals surface area contributed by atoms with Gasteiger partial charge < -0.3 is 19.1 Å². The summed E-state index contributed by atoms with van der Waals surface area (Å²) in [4.78, 5) is 13.9. The summed E-state index contributed by atoms with van der Waals surface area (Å²) in [6, 6.07) is 4.01. The summed E-state index contributed by atoms with van der Waals surface area (Å²) in [7, 11) is 3.26. The van der Waals surface area contributed by atoms with Gasteiger partial charge in [-0.3, -0.25) is 0 Å². The zero-order valence-electron chi connectivity index (χ0n) is 13.1. The van der Waals surface area contributed by atoms with Crippen LogP contribution in [0, 0.1) is 0 Å². The summed E-state index contributed by atoms with van der Waals surface area (Å²) >= 11 is 0. The molecule has 0 N–H and O–H groups in total. The van der Waals surface area contributed by atoms with Gasteiger partial charge in [0.2, 0.25) is 0 Å².